The number of rotatable bonds is 3. The maximum Gasteiger partial charge on any atom is 0.312 e. The zero-order valence-electron chi connectivity index (χ0n) is 7.58. The molecule has 0 aliphatic rings. The quantitative estimate of drug-likeness (QED) is 0.735. The average Bonchev–Trinajstić information content (AvgIpc) is 2.18. The van der Waals surface area contributed by atoms with Crippen LogP contribution < -0.4 is 5.73 Å². The van der Waals surface area contributed by atoms with Gasteiger partial charge in [-0.2, -0.15) is 0 Å². The summed E-state index contributed by atoms with van der Waals surface area (Å²) in [5, 5.41) is 18.1. The molecule has 15 heavy (non-hydrogen) atoms. The third kappa shape index (κ3) is 2.19. The van der Waals surface area contributed by atoms with Gasteiger partial charge in [-0.25, -0.2) is 4.39 Å². The number of carbonyl (C=O) groups is 1. The fourth-order valence-corrected chi connectivity index (χ4v) is 1.51. The first-order chi connectivity index (χ1) is 6.99. The third-order valence-electron chi connectivity index (χ3n) is 2.00. The number of aromatic hydroxyl groups is 1. The molecule has 0 aliphatic heterocycles. The van der Waals surface area contributed by atoms with Crippen LogP contribution in [0, 0.1) is 5.82 Å². The Kier molecular flexibility index (Phi) is 3.49. The predicted octanol–water partition coefficient (Wildman–Crippen LogP) is 1.31. The third-order valence-corrected chi connectivity index (χ3v) is 2.33. The van der Waals surface area contributed by atoms with Gasteiger partial charge in [-0.05, 0) is 12.1 Å². The molecule has 0 aromatic heterocycles. The van der Waals surface area contributed by atoms with E-state index in [1.807, 2.05) is 0 Å². The van der Waals surface area contributed by atoms with Crippen molar-refractivity contribution in [2.24, 2.45) is 5.73 Å². The van der Waals surface area contributed by atoms with Crippen LogP contribution in [0.4, 0.5) is 4.39 Å². The van der Waals surface area contributed by atoms with Crippen molar-refractivity contribution >= 4 is 17.6 Å². The number of carboxylic acids is 1. The first kappa shape index (κ1) is 11.7. The van der Waals surface area contributed by atoms with Gasteiger partial charge in [0.15, 0.2) is 11.6 Å². The molecule has 1 rings (SSSR count). The zero-order chi connectivity index (χ0) is 11.6. The Hall–Kier alpha value is -1.33. The molecular weight excluding hydrogens is 225 g/mol. The summed E-state index contributed by atoms with van der Waals surface area (Å²) in [5.41, 5.74) is 5.03. The van der Waals surface area contributed by atoms with Gasteiger partial charge in [0.05, 0.1) is 5.92 Å². The van der Waals surface area contributed by atoms with E-state index in [0.717, 1.165) is 6.07 Å². The lowest BCUT2D eigenvalue weighted by Crippen LogP contribution is -2.21. The van der Waals surface area contributed by atoms with Crippen LogP contribution in [-0.2, 0) is 4.79 Å². The second kappa shape index (κ2) is 4.46. The number of halogens is 2. The van der Waals surface area contributed by atoms with Crippen molar-refractivity contribution < 1.29 is 19.4 Å². The van der Waals surface area contributed by atoms with E-state index in [2.05, 4.69) is 0 Å². The summed E-state index contributed by atoms with van der Waals surface area (Å²) in [6.45, 7) is -0.272. The van der Waals surface area contributed by atoms with E-state index < -0.39 is 23.5 Å². The van der Waals surface area contributed by atoms with Crippen molar-refractivity contribution in [3.63, 3.8) is 0 Å². The fraction of sp³-hybridized carbons (Fsp3) is 0.222. The van der Waals surface area contributed by atoms with Gasteiger partial charge in [-0.15, -0.1) is 0 Å². The average molecular weight is 234 g/mol. The van der Waals surface area contributed by atoms with Crippen LogP contribution in [-0.4, -0.2) is 22.7 Å². The van der Waals surface area contributed by atoms with E-state index in [-0.39, 0.29) is 17.1 Å². The highest BCUT2D eigenvalue weighted by Gasteiger charge is 2.25. The van der Waals surface area contributed by atoms with Gasteiger partial charge in [-0.3, -0.25) is 4.79 Å². The Morgan fingerprint density at radius 2 is 2.20 bits per heavy atom. The highest BCUT2D eigenvalue weighted by atomic mass is 35.5. The van der Waals surface area contributed by atoms with Crippen LogP contribution in [0.1, 0.15) is 11.5 Å². The molecule has 0 aliphatic carbocycles. The highest BCUT2D eigenvalue weighted by molar-refractivity contribution is 6.31. The number of carboxylic acid groups (broad SMARTS) is 1. The molecule has 1 atom stereocenters. The summed E-state index contributed by atoms with van der Waals surface area (Å²) in [4.78, 5) is 10.8. The molecule has 0 amide bonds. The minimum Gasteiger partial charge on any atom is -0.505 e. The maximum absolute atomic E-state index is 13.0. The molecular formula is C9H9ClFNO3. The van der Waals surface area contributed by atoms with Crippen LogP contribution >= 0.6 is 11.6 Å². The number of aliphatic carboxylic acids is 1. The molecule has 0 bridgehead atoms. The van der Waals surface area contributed by atoms with Gasteiger partial charge in [0.25, 0.3) is 0 Å². The van der Waals surface area contributed by atoms with Crippen LogP contribution in [0.2, 0.25) is 5.02 Å². The summed E-state index contributed by atoms with van der Waals surface area (Å²) >= 11 is 5.67. The smallest absolute Gasteiger partial charge is 0.312 e. The highest BCUT2D eigenvalue weighted by Crippen LogP contribution is 2.34. The maximum atomic E-state index is 13.0. The summed E-state index contributed by atoms with van der Waals surface area (Å²) in [7, 11) is 0. The van der Waals surface area contributed by atoms with Crippen molar-refractivity contribution in [2.75, 3.05) is 6.54 Å². The summed E-state index contributed by atoms with van der Waals surface area (Å²) in [5.74, 6) is -4.16. The van der Waals surface area contributed by atoms with E-state index in [0.29, 0.717) is 0 Å². The Balaban J connectivity index is 3.34. The second-order valence-corrected chi connectivity index (χ2v) is 3.33. The number of phenols is 1. The lowest BCUT2D eigenvalue weighted by atomic mass is 9.98. The second-order valence-electron chi connectivity index (χ2n) is 2.92. The van der Waals surface area contributed by atoms with Gasteiger partial charge >= 0.3 is 5.97 Å². The van der Waals surface area contributed by atoms with Crippen molar-refractivity contribution in [1.82, 2.24) is 0 Å². The first-order valence-electron chi connectivity index (χ1n) is 4.08. The van der Waals surface area contributed by atoms with Gasteiger partial charge < -0.3 is 15.9 Å². The van der Waals surface area contributed by atoms with E-state index in [1.165, 1.54) is 6.07 Å². The molecule has 0 fully saturated rings. The number of phenolic OH excluding ortho intramolecular Hbond substituents is 1. The summed E-state index contributed by atoms with van der Waals surface area (Å²) < 4.78 is 13.0. The molecule has 1 unspecified atom stereocenters. The normalized spacial score (nSPS) is 12.5. The topological polar surface area (TPSA) is 83.6 Å². The fourth-order valence-electron chi connectivity index (χ4n) is 1.23. The van der Waals surface area contributed by atoms with Crippen LogP contribution in [0.3, 0.4) is 0 Å². The van der Waals surface area contributed by atoms with E-state index in [4.69, 9.17) is 22.4 Å². The van der Waals surface area contributed by atoms with Gasteiger partial charge in [-0.1, -0.05) is 11.6 Å². The Morgan fingerprint density at radius 1 is 1.60 bits per heavy atom. The largest absolute Gasteiger partial charge is 0.505 e. The standard InChI is InChI=1S/C9H9ClFNO3/c10-5-1-2-6(11)8(13)7(5)4(3-12)9(14)15/h1-2,4,13H,3,12H2,(H,14,15). The zero-order valence-corrected chi connectivity index (χ0v) is 8.33. The first-order valence-corrected chi connectivity index (χ1v) is 4.46. The van der Waals surface area contributed by atoms with Crippen molar-refractivity contribution in [1.29, 1.82) is 0 Å². The molecule has 0 radical (unpaired) electrons. The SMILES string of the molecule is NCC(C(=O)O)c1c(Cl)ccc(F)c1O. The van der Waals surface area contributed by atoms with Gasteiger partial charge in [0, 0.05) is 17.1 Å². The molecule has 82 valence electrons. The van der Waals surface area contributed by atoms with Crippen LogP contribution in [0.15, 0.2) is 12.1 Å². The molecule has 6 heteroatoms. The Labute approximate surface area is 90.1 Å². The Morgan fingerprint density at radius 3 is 2.67 bits per heavy atom. The molecule has 0 saturated carbocycles. The van der Waals surface area contributed by atoms with Crippen molar-refractivity contribution in [3.05, 3.63) is 28.5 Å². The minimum atomic E-state index is -1.26. The van der Waals surface area contributed by atoms with E-state index in [9.17, 15) is 14.3 Å². The van der Waals surface area contributed by atoms with Crippen LogP contribution in [0.5, 0.6) is 5.75 Å². The number of hydrogen-bond donors (Lipinski definition) is 3. The number of nitrogens with two attached hydrogens (primary N) is 1. The van der Waals surface area contributed by atoms with E-state index >= 15 is 0 Å². The predicted molar refractivity (Wildman–Crippen MR) is 52.5 cm³/mol. The molecule has 1 aromatic rings. The number of hydrogen-bond acceptors (Lipinski definition) is 3. The van der Waals surface area contributed by atoms with E-state index in [1.54, 1.807) is 0 Å². The van der Waals surface area contributed by atoms with Gasteiger partial charge in [0.2, 0.25) is 0 Å². The van der Waals surface area contributed by atoms with Crippen molar-refractivity contribution in [2.45, 2.75) is 5.92 Å². The molecule has 1 aromatic carbocycles. The molecule has 0 saturated heterocycles. The summed E-state index contributed by atoms with van der Waals surface area (Å²) in [6, 6.07) is 2.13. The lowest BCUT2D eigenvalue weighted by Gasteiger charge is -2.13. The van der Waals surface area contributed by atoms with Crippen LogP contribution in [0.25, 0.3) is 0 Å². The molecule has 4 N–H and O–H groups in total. The Bertz CT molecular complexity index is 397. The molecule has 0 spiro atoms. The molecule has 4 nitrogen and oxygen atoms in total. The summed E-state index contributed by atoms with van der Waals surface area (Å²) in [6.07, 6.45) is 0. The lowest BCUT2D eigenvalue weighted by molar-refractivity contribution is -0.138. The minimum absolute atomic E-state index is 0.0215. The van der Waals surface area contributed by atoms with Crippen molar-refractivity contribution in [3.8, 4) is 5.75 Å². The monoisotopic (exact) mass is 233 g/mol. The molecule has 0 heterocycles. The number of benzene rings is 1. The van der Waals surface area contributed by atoms with Gasteiger partial charge in [0.1, 0.15) is 0 Å².